The van der Waals surface area contributed by atoms with Crippen LogP contribution in [0.3, 0.4) is 0 Å². The van der Waals surface area contributed by atoms with Gasteiger partial charge in [-0.05, 0) is 36.6 Å². The Balaban J connectivity index is 1.76. The van der Waals surface area contributed by atoms with Crippen LogP contribution in [0.4, 0.5) is 21.7 Å². The monoisotopic (exact) mass is 390 g/mol. The summed E-state index contributed by atoms with van der Waals surface area (Å²) in [6.45, 7) is 6.05. The van der Waals surface area contributed by atoms with Gasteiger partial charge in [-0.1, -0.05) is 13.5 Å². The molecule has 1 aliphatic rings. The van der Waals surface area contributed by atoms with Crippen molar-refractivity contribution in [2.45, 2.75) is 25.9 Å². The molecule has 0 saturated heterocycles. The topological polar surface area (TPSA) is 69.8 Å². The number of aromatic nitrogens is 3. The van der Waals surface area contributed by atoms with E-state index in [0.717, 1.165) is 34.5 Å². The minimum Gasteiger partial charge on any atom is -0.342 e. The van der Waals surface area contributed by atoms with Gasteiger partial charge in [0.25, 0.3) is 0 Å². The normalized spacial score (nSPS) is 17.8. The molecule has 1 N–H and O–H groups in total. The summed E-state index contributed by atoms with van der Waals surface area (Å²) in [5.41, 5.74) is 4.95. The first kappa shape index (κ1) is 18.9. The summed E-state index contributed by atoms with van der Waals surface area (Å²) in [6, 6.07) is 9.82. The number of hydrogen-bond donors (Lipinski definition) is 1. The molecule has 0 amide bonds. The number of halogens is 1. The van der Waals surface area contributed by atoms with Crippen LogP contribution in [-0.4, -0.2) is 27.8 Å². The number of pyridine rings is 1. The maximum absolute atomic E-state index is 13.4. The lowest BCUT2D eigenvalue weighted by Crippen LogP contribution is -2.15. The molecule has 1 aromatic carbocycles. The summed E-state index contributed by atoms with van der Waals surface area (Å²) in [5.74, 6) is 1.13. The molecule has 0 spiro atoms. The van der Waals surface area contributed by atoms with E-state index < -0.39 is 6.17 Å². The lowest BCUT2D eigenvalue weighted by Gasteiger charge is -2.23. The van der Waals surface area contributed by atoms with E-state index in [4.69, 9.17) is 4.98 Å². The first-order chi connectivity index (χ1) is 13.9. The van der Waals surface area contributed by atoms with E-state index in [1.165, 1.54) is 0 Å². The highest BCUT2D eigenvalue weighted by molar-refractivity contribution is 5.90. The number of aryl methyl sites for hydroxylation is 2. The Morgan fingerprint density at radius 2 is 2.21 bits per heavy atom. The van der Waals surface area contributed by atoms with Crippen molar-refractivity contribution in [1.82, 2.24) is 14.5 Å². The molecular weight excluding hydrogens is 367 g/mol. The second-order valence-electron chi connectivity index (χ2n) is 7.43. The first-order valence-electron chi connectivity index (χ1n) is 9.61. The van der Waals surface area contributed by atoms with Crippen molar-refractivity contribution in [2.24, 2.45) is 13.0 Å². The molecule has 6 nitrogen and oxygen atoms in total. The number of allylic oxidation sites excluding steroid dienone is 1. The lowest BCUT2D eigenvalue weighted by molar-refractivity contribution is 0.459. The van der Waals surface area contributed by atoms with Gasteiger partial charge in [0.15, 0.2) is 5.82 Å². The third-order valence-corrected chi connectivity index (χ3v) is 5.43. The molecule has 7 heteroatoms. The van der Waals surface area contributed by atoms with Crippen molar-refractivity contribution in [2.75, 3.05) is 17.3 Å². The zero-order chi connectivity index (χ0) is 20.7. The molecule has 2 atom stereocenters. The van der Waals surface area contributed by atoms with Gasteiger partial charge in [-0.3, -0.25) is 0 Å². The molecule has 4 rings (SSSR count). The molecule has 0 aliphatic heterocycles. The number of imidazole rings is 1. The SMILES string of the molecule is C=C(Nc1nc(N(C)c2ccc(C#N)cc2CC)cc2c1ncn2C)[C@H]1C[C@H]1F. The van der Waals surface area contributed by atoms with Crippen LogP contribution < -0.4 is 10.2 Å². The fourth-order valence-corrected chi connectivity index (χ4v) is 3.53. The lowest BCUT2D eigenvalue weighted by atomic mass is 10.1. The summed E-state index contributed by atoms with van der Waals surface area (Å²) in [7, 11) is 3.87. The largest absolute Gasteiger partial charge is 0.342 e. The van der Waals surface area contributed by atoms with Gasteiger partial charge < -0.3 is 14.8 Å². The number of rotatable bonds is 6. The Morgan fingerprint density at radius 3 is 2.86 bits per heavy atom. The predicted octanol–water partition coefficient (Wildman–Crippen LogP) is 4.45. The highest BCUT2D eigenvalue weighted by Gasteiger charge is 2.40. The van der Waals surface area contributed by atoms with Crippen LogP contribution in [0.2, 0.25) is 0 Å². The van der Waals surface area contributed by atoms with E-state index in [2.05, 4.69) is 29.9 Å². The number of benzene rings is 1. The van der Waals surface area contributed by atoms with Gasteiger partial charge in [0, 0.05) is 37.5 Å². The summed E-state index contributed by atoms with van der Waals surface area (Å²) >= 11 is 0. The third kappa shape index (κ3) is 3.42. The van der Waals surface area contributed by atoms with Crippen molar-refractivity contribution in [3.63, 3.8) is 0 Å². The number of hydrogen-bond acceptors (Lipinski definition) is 5. The van der Waals surface area contributed by atoms with E-state index >= 15 is 0 Å². The van der Waals surface area contributed by atoms with Crippen molar-refractivity contribution >= 4 is 28.4 Å². The molecule has 0 unspecified atom stereocenters. The Kier molecular flexibility index (Phi) is 4.71. The van der Waals surface area contributed by atoms with E-state index in [-0.39, 0.29) is 5.92 Å². The number of nitriles is 1. The van der Waals surface area contributed by atoms with Crippen molar-refractivity contribution in [1.29, 1.82) is 5.26 Å². The molecule has 3 aromatic rings. The standard InChI is InChI=1S/C22H23FN6/c1-5-15-8-14(11-24)6-7-18(15)29(4)20-10-19-21(25-12-28(19)3)22(27-20)26-13(2)16-9-17(16)23/h6-8,10,12,16-17H,2,5,9H2,1,3-4H3,(H,26,27)/t16-,17-/m1/s1. The molecule has 0 radical (unpaired) electrons. The average molecular weight is 390 g/mol. The van der Waals surface area contributed by atoms with Crippen molar-refractivity contribution in [3.05, 3.63) is 54.0 Å². The third-order valence-electron chi connectivity index (χ3n) is 5.43. The van der Waals surface area contributed by atoms with Crippen LogP contribution in [0.5, 0.6) is 0 Å². The van der Waals surface area contributed by atoms with Crippen molar-refractivity contribution in [3.8, 4) is 6.07 Å². The molecule has 148 valence electrons. The summed E-state index contributed by atoms with van der Waals surface area (Å²) in [4.78, 5) is 11.2. The number of anilines is 3. The van der Waals surface area contributed by atoms with E-state index in [1.54, 1.807) is 6.33 Å². The molecule has 1 aliphatic carbocycles. The fourth-order valence-electron chi connectivity index (χ4n) is 3.53. The summed E-state index contributed by atoms with van der Waals surface area (Å²) in [6.07, 6.45) is 2.20. The van der Waals surface area contributed by atoms with Crippen LogP contribution >= 0.6 is 0 Å². The number of nitrogens with zero attached hydrogens (tertiary/aromatic N) is 5. The first-order valence-corrected chi connectivity index (χ1v) is 9.61. The fraction of sp³-hybridized carbons (Fsp3) is 0.318. The predicted molar refractivity (Wildman–Crippen MR) is 113 cm³/mol. The Bertz CT molecular complexity index is 1140. The van der Waals surface area contributed by atoms with E-state index in [1.807, 2.05) is 47.8 Å². The second kappa shape index (κ2) is 7.21. The van der Waals surface area contributed by atoms with Gasteiger partial charge in [-0.25, -0.2) is 14.4 Å². The van der Waals surface area contributed by atoms with E-state index in [0.29, 0.717) is 23.5 Å². The van der Waals surface area contributed by atoms with Crippen LogP contribution in [0.1, 0.15) is 24.5 Å². The molecule has 29 heavy (non-hydrogen) atoms. The summed E-state index contributed by atoms with van der Waals surface area (Å²) < 4.78 is 15.4. The van der Waals surface area contributed by atoms with Crippen molar-refractivity contribution < 1.29 is 4.39 Å². The summed E-state index contributed by atoms with van der Waals surface area (Å²) in [5, 5.41) is 12.4. The molecule has 1 saturated carbocycles. The van der Waals surface area contributed by atoms with Crippen LogP contribution in [0, 0.1) is 17.2 Å². The quantitative estimate of drug-likeness (QED) is 0.673. The zero-order valence-electron chi connectivity index (χ0n) is 16.8. The second-order valence-corrected chi connectivity index (χ2v) is 7.43. The van der Waals surface area contributed by atoms with Gasteiger partial charge in [-0.2, -0.15) is 5.26 Å². The zero-order valence-corrected chi connectivity index (χ0v) is 16.8. The maximum atomic E-state index is 13.4. The van der Waals surface area contributed by atoms with Gasteiger partial charge in [0.2, 0.25) is 0 Å². The number of alkyl halides is 1. The molecule has 0 bridgehead atoms. The highest BCUT2D eigenvalue weighted by Crippen LogP contribution is 2.40. The number of nitrogens with one attached hydrogen (secondary N) is 1. The number of fused-ring (bicyclic) bond motifs is 1. The molecule has 2 aromatic heterocycles. The minimum atomic E-state index is -0.828. The van der Waals surface area contributed by atoms with Gasteiger partial charge in [0.05, 0.1) is 23.5 Å². The van der Waals surface area contributed by atoms with Gasteiger partial charge >= 0.3 is 0 Å². The highest BCUT2D eigenvalue weighted by atomic mass is 19.1. The van der Waals surface area contributed by atoms with Crippen LogP contribution in [0.15, 0.2) is 42.9 Å². The minimum absolute atomic E-state index is 0.165. The Morgan fingerprint density at radius 1 is 1.45 bits per heavy atom. The molecule has 2 heterocycles. The Hall–Kier alpha value is -3.40. The smallest absolute Gasteiger partial charge is 0.160 e. The van der Waals surface area contributed by atoms with Crippen LogP contribution in [0.25, 0.3) is 11.0 Å². The molecular formula is C22H23FN6. The van der Waals surface area contributed by atoms with Crippen LogP contribution in [-0.2, 0) is 13.5 Å². The maximum Gasteiger partial charge on any atom is 0.160 e. The van der Waals surface area contributed by atoms with E-state index in [9.17, 15) is 9.65 Å². The molecule has 1 fully saturated rings. The Labute approximate surface area is 169 Å². The van der Waals surface area contributed by atoms with Gasteiger partial charge in [-0.15, -0.1) is 0 Å². The van der Waals surface area contributed by atoms with Gasteiger partial charge in [0.1, 0.15) is 17.5 Å². The average Bonchev–Trinajstić information content (AvgIpc) is 3.36.